The van der Waals surface area contributed by atoms with Gasteiger partial charge in [-0.15, -0.1) is 11.3 Å². The van der Waals surface area contributed by atoms with Crippen LogP contribution in [0, 0.1) is 12.8 Å². The van der Waals surface area contributed by atoms with Gasteiger partial charge in [-0.05, 0) is 42.7 Å². The lowest BCUT2D eigenvalue weighted by Crippen LogP contribution is -2.29. The smallest absolute Gasteiger partial charge is 0.150 e. The first-order chi connectivity index (χ1) is 8.00. The number of hydrogen-bond acceptors (Lipinski definition) is 5. The summed E-state index contributed by atoms with van der Waals surface area (Å²) in [6.07, 6.45) is 1.57. The molecule has 2 atom stereocenters. The standard InChI is InChI=1S/C11H18N2O2S2/c1-8-4-10(6-16-8)11(13-12)5-9-2-3-17(14,15)7-9/h4,6,9,11,13H,2-3,5,7,12H2,1H3. The third-order valence-electron chi connectivity index (χ3n) is 3.25. The van der Waals surface area contributed by atoms with Crippen molar-refractivity contribution in [2.75, 3.05) is 11.5 Å². The van der Waals surface area contributed by atoms with Crippen molar-refractivity contribution in [3.63, 3.8) is 0 Å². The molecule has 0 radical (unpaired) electrons. The Morgan fingerprint density at radius 3 is 2.88 bits per heavy atom. The maximum Gasteiger partial charge on any atom is 0.150 e. The number of thiophene rings is 1. The average Bonchev–Trinajstić information content (AvgIpc) is 2.81. The van der Waals surface area contributed by atoms with Crippen molar-refractivity contribution in [2.45, 2.75) is 25.8 Å². The van der Waals surface area contributed by atoms with Crippen molar-refractivity contribution in [1.29, 1.82) is 0 Å². The summed E-state index contributed by atoms with van der Waals surface area (Å²) >= 11 is 1.69. The van der Waals surface area contributed by atoms with E-state index in [2.05, 4.69) is 23.8 Å². The van der Waals surface area contributed by atoms with Crippen molar-refractivity contribution in [3.8, 4) is 0 Å². The molecule has 2 unspecified atom stereocenters. The Balaban J connectivity index is 2.01. The fourth-order valence-corrected chi connectivity index (χ4v) is 4.98. The van der Waals surface area contributed by atoms with Gasteiger partial charge in [-0.2, -0.15) is 0 Å². The molecule has 0 bridgehead atoms. The molecule has 0 amide bonds. The minimum Gasteiger partial charge on any atom is -0.271 e. The molecule has 0 saturated carbocycles. The molecular formula is C11H18N2O2S2. The van der Waals surface area contributed by atoms with E-state index < -0.39 is 9.84 Å². The van der Waals surface area contributed by atoms with Crippen molar-refractivity contribution in [2.24, 2.45) is 11.8 Å². The van der Waals surface area contributed by atoms with Crippen LogP contribution in [0.4, 0.5) is 0 Å². The predicted octanol–water partition coefficient (Wildman–Crippen LogP) is 1.39. The molecule has 0 spiro atoms. The van der Waals surface area contributed by atoms with E-state index in [-0.39, 0.29) is 12.0 Å². The summed E-state index contributed by atoms with van der Waals surface area (Å²) in [7, 11) is -2.79. The molecule has 1 saturated heterocycles. The zero-order valence-corrected chi connectivity index (χ0v) is 11.5. The van der Waals surface area contributed by atoms with E-state index in [1.807, 2.05) is 0 Å². The van der Waals surface area contributed by atoms with Gasteiger partial charge in [-0.25, -0.2) is 8.42 Å². The molecule has 4 nitrogen and oxygen atoms in total. The van der Waals surface area contributed by atoms with Crippen LogP contribution in [0.3, 0.4) is 0 Å². The third kappa shape index (κ3) is 3.28. The molecular weight excluding hydrogens is 256 g/mol. The summed E-state index contributed by atoms with van der Waals surface area (Å²) in [5.41, 5.74) is 3.96. The lowest BCUT2D eigenvalue weighted by Gasteiger charge is -2.18. The molecule has 2 rings (SSSR count). The summed E-state index contributed by atoms with van der Waals surface area (Å²) in [4.78, 5) is 1.25. The van der Waals surface area contributed by atoms with Crippen LogP contribution >= 0.6 is 11.3 Å². The summed E-state index contributed by atoms with van der Waals surface area (Å²) in [5, 5.41) is 2.09. The van der Waals surface area contributed by atoms with Crippen molar-refractivity contribution < 1.29 is 8.42 Å². The Bertz CT molecular complexity index is 481. The number of nitrogens with two attached hydrogens (primary N) is 1. The highest BCUT2D eigenvalue weighted by Crippen LogP contribution is 2.30. The maximum atomic E-state index is 11.4. The molecule has 96 valence electrons. The van der Waals surface area contributed by atoms with Crippen LogP contribution in [0.25, 0.3) is 0 Å². The van der Waals surface area contributed by atoms with Gasteiger partial charge in [0.25, 0.3) is 0 Å². The number of rotatable bonds is 4. The molecule has 1 aromatic rings. The molecule has 6 heteroatoms. The van der Waals surface area contributed by atoms with Gasteiger partial charge in [0.15, 0.2) is 9.84 Å². The van der Waals surface area contributed by atoms with Gasteiger partial charge >= 0.3 is 0 Å². The Kier molecular flexibility index (Phi) is 3.87. The van der Waals surface area contributed by atoms with E-state index in [1.54, 1.807) is 11.3 Å². The third-order valence-corrected chi connectivity index (χ3v) is 5.97. The zero-order valence-electron chi connectivity index (χ0n) is 9.85. The van der Waals surface area contributed by atoms with Gasteiger partial charge in [-0.1, -0.05) is 0 Å². The van der Waals surface area contributed by atoms with Crippen molar-refractivity contribution in [3.05, 3.63) is 21.9 Å². The second-order valence-corrected chi connectivity index (χ2v) is 8.06. The summed E-state index contributed by atoms with van der Waals surface area (Å²) in [5.74, 6) is 6.45. The molecule has 2 heterocycles. The van der Waals surface area contributed by atoms with E-state index >= 15 is 0 Å². The first kappa shape index (κ1) is 13.0. The van der Waals surface area contributed by atoms with Gasteiger partial charge in [-0.3, -0.25) is 11.3 Å². The Morgan fingerprint density at radius 2 is 2.41 bits per heavy atom. The van der Waals surface area contributed by atoms with Crippen LogP contribution in [0.1, 0.15) is 29.3 Å². The quantitative estimate of drug-likeness (QED) is 0.643. The van der Waals surface area contributed by atoms with Crippen LogP contribution in [0.15, 0.2) is 11.4 Å². The minimum atomic E-state index is -2.79. The Morgan fingerprint density at radius 1 is 1.65 bits per heavy atom. The van der Waals surface area contributed by atoms with Crippen molar-refractivity contribution in [1.82, 2.24) is 5.43 Å². The Hall–Kier alpha value is -0.430. The first-order valence-electron chi connectivity index (χ1n) is 5.72. The molecule has 3 N–H and O–H groups in total. The first-order valence-corrected chi connectivity index (χ1v) is 8.42. The SMILES string of the molecule is Cc1cc(C(CC2CCS(=O)(=O)C2)NN)cs1. The number of sulfone groups is 1. The minimum absolute atomic E-state index is 0.0678. The lowest BCUT2D eigenvalue weighted by atomic mass is 9.96. The number of aryl methyl sites for hydroxylation is 1. The van der Waals surface area contributed by atoms with E-state index in [0.29, 0.717) is 11.5 Å². The Labute approximate surface area is 106 Å². The molecule has 1 aliphatic rings. The fraction of sp³-hybridized carbons (Fsp3) is 0.636. The van der Waals surface area contributed by atoms with E-state index in [4.69, 9.17) is 5.84 Å². The molecule has 1 aliphatic heterocycles. The van der Waals surface area contributed by atoms with Crippen LogP contribution in [0.2, 0.25) is 0 Å². The molecule has 0 aliphatic carbocycles. The monoisotopic (exact) mass is 274 g/mol. The maximum absolute atomic E-state index is 11.4. The number of nitrogens with one attached hydrogen (secondary N) is 1. The van der Waals surface area contributed by atoms with Crippen LogP contribution in [-0.4, -0.2) is 19.9 Å². The van der Waals surface area contributed by atoms with E-state index in [0.717, 1.165) is 12.8 Å². The lowest BCUT2D eigenvalue weighted by molar-refractivity contribution is 0.422. The molecule has 17 heavy (non-hydrogen) atoms. The zero-order chi connectivity index (χ0) is 12.5. The fourth-order valence-electron chi connectivity index (χ4n) is 2.34. The molecule has 1 aromatic heterocycles. The average molecular weight is 274 g/mol. The van der Waals surface area contributed by atoms with Crippen LogP contribution in [-0.2, 0) is 9.84 Å². The number of hydrogen-bond donors (Lipinski definition) is 2. The highest BCUT2D eigenvalue weighted by molar-refractivity contribution is 7.91. The summed E-state index contributed by atoms with van der Waals surface area (Å²) in [6.45, 7) is 2.06. The second kappa shape index (κ2) is 5.06. The second-order valence-electron chi connectivity index (χ2n) is 4.71. The van der Waals surface area contributed by atoms with Gasteiger partial charge < -0.3 is 0 Å². The van der Waals surface area contributed by atoms with Crippen LogP contribution in [0.5, 0.6) is 0 Å². The summed E-state index contributed by atoms with van der Waals surface area (Å²) in [6, 6.07) is 2.18. The largest absolute Gasteiger partial charge is 0.271 e. The number of hydrazine groups is 1. The van der Waals surface area contributed by atoms with Crippen molar-refractivity contribution >= 4 is 21.2 Å². The topological polar surface area (TPSA) is 72.2 Å². The van der Waals surface area contributed by atoms with E-state index in [9.17, 15) is 8.42 Å². The normalized spacial score (nSPS) is 24.9. The van der Waals surface area contributed by atoms with Gasteiger partial charge in [0.05, 0.1) is 11.5 Å². The van der Waals surface area contributed by atoms with Crippen LogP contribution < -0.4 is 11.3 Å². The molecule has 0 aromatic carbocycles. The van der Waals surface area contributed by atoms with Gasteiger partial charge in [0.2, 0.25) is 0 Å². The highest BCUT2D eigenvalue weighted by atomic mass is 32.2. The highest BCUT2D eigenvalue weighted by Gasteiger charge is 2.30. The van der Waals surface area contributed by atoms with Gasteiger partial charge in [0.1, 0.15) is 0 Å². The predicted molar refractivity (Wildman–Crippen MR) is 70.5 cm³/mol. The van der Waals surface area contributed by atoms with Gasteiger partial charge in [0, 0.05) is 10.9 Å². The molecule has 1 fully saturated rings. The van der Waals surface area contributed by atoms with E-state index in [1.165, 1.54) is 10.4 Å². The summed E-state index contributed by atoms with van der Waals surface area (Å²) < 4.78 is 22.8.